The molecule has 1 saturated heterocycles. The number of rotatable bonds is 1. The van der Waals surface area contributed by atoms with E-state index in [2.05, 4.69) is 14.9 Å². The van der Waals surface area contributed by atoms with Gasteiger partial charge in [-0.15, -0.1) is 0 Å². The molecule has 2 rings (SSSR count). The summed E-state index contributed by atoms with van der Waals surface area (Å²) in [5, 5.41) is 20.2. The maximum Gasteiger partial charge on any atom is 0.260 e. The van der Waals surface area contributed by atoms with Gasteiger partial charge in [0.25, 0.3) is 5.82 Å². The Morgan fingerprint density at radius 1 is 1.73 bits per heavy atom. The predicted octanol–water partition coefficient (Wildman–Crippen LogP) is -0.0961. The van der Waals surface area contributed by atoms with Gasteiger partial charge in [0, 0.05) is 0 Å². The Morgan fingerprint density at radius 2 is 2.64 bits per heavy atom. The first-order chi connectivity index (χ1) is 5.31. The lowest BCUT2D eigenvalue weighted by atomic mass is 10.6. The summed E-state index contributed by atoms with van der Waals surface area (Å²) < 4.78 is 3.30. The SMILES string of the molecule is [O-][N+]1(c2csnn2)CCNC1. The molecule has 0 amide bonds. The zero-order chi connectivity index (χ0) is 7.73. The second-order valence-electron chi connectivity index (χ2n) is 2.53. The molecule has 1 fully saturated rings. The van der Waals surface area contributed by atoms with Gasteiger partial charge in [-0.2, -0.15) is 0 Å². The van der Waals surface area contributed by atoms with E-state index in [9.17, 15) is 5.21 Å². The van der Waals surface area contributed by atoms with Gasteiger partial charge >= 0.3 is 0 Å². The van der Waals surface area contributed by atoms with Crippen molar-refractivity contribution in [2.75, 3.05) is 19.8 Å². The van der Waals surface area contributed by atoms with Crippen LogP contribution in [0.4, 0.5) is 5.82 Å². The van der Waals surface area contributed by atoms with Crippen LogP contribution in [-0.2, 0) is 0 Å². The Kier molecular flexibility index (Phi) is 1.61. The van der Waals surface area contributed by atoms with Gasteiger partial charge < -0.3 is 5.21 Å². The maximum atomic E-state index is 11.7. The van der Waals surface area contributed by atoms with E-state index in [-0.39, 0.29) is 4.65 Å². The normalized spacial score (nSPS) is 31.0. The van der Waals surface area contributed by atoms with Crippen molar-refractivity contribution in [3.05, 3.63) is 10.6 Å². The second kappa shape index (κ2) is 2.49. The standard InChI is InChI=1S/C5H8N4OS/c10-9(2-1-6-4-9)5-3-11-8-7-5/h3,6H,1-2,4H2. The van der Waals surface area contributed by atoms with E-state index in [1.54, 1.807) is 5.38 Å². The molecule has 60 valence electrons. The molecule has 1 atom stereocenters. The minimum Gasteiger partial charge on any atom is -0.625 e. The van der Waals surface area contributed by atoms with Crippen molar-refractivity contribution < 1.29 is 0 Å². The fourth-order valence-electron chi connectivity index (χ4n) is 1.13. The molecule has 1 unspecified atom stereocenters. The number of hydrogen-bond donors (Lipinski definition) is 1. The van der Waals surface area contributed by atoms with Crippen molar-refractivity contribution in [3.63, 3.8) is 0 Å². The third-order valence-electron chi connectivity index (χ3n) is 1.78. The average molecular weight is 172 g/mol. The van der Waals surface area contributed by atoms with Crippen molar-refractivity contribution in [3.8, 4) is 0 Å². The Labute approximate surface area is 68.0 Å². The molecule has 1 aromatic rings. The molecule has 1 N–H and O–H groups in total. The number of nitrogens with one attached hydrogen (secondary N) is 1. The Bertz CT molecular complexity index is 231. The van der Waals surface area contributed by atoms with E-state index in [4.69, 9.17) is 0 Å². The first-order valence-electron chi connectivity index (χ1n) is 3.38. The van der Waals surface area contributed by atoms with Crippen LogP contribution in [0.2, 0.25) is 0 Å². The molecule has 1 aromatic heterocycles. The van der Waals surface area contributed by atoms with Gasteiger partial charge in [0.2, 0.25) is 0 Å². The molecule has 0 saturated carbocycles. The molecule has 1 aliphatic rings. The fourth-order valence-corrected chi connectivity index (χ4v) is 1.64. The summed E-state index contributed by atoms with van der Waals surface area (Å²) in [5.74, 6) is 0.528. The van der Waals surface area contributed by atoms with E-state index in [0.29, 0.717) is 19.0 Å². The highest BCUT2D eigenvalue weighted by Crippen LogP contribution is 2.20. The molecular formula is C5H8N4OS. The van der Waals surface area contributed by atoms with E-state index in [1.807, 2.05) is 0 Å². The fraction of sp³-hybridized carbons (Fsp3) is 0.600. The van der Waals surface area contributed by atoms with E-state index in [0.717, 1.165) is 6.54 Å². The molecule has 0 radical (unpaired) electrons. The zero-order valence-corrected chi connectivity index (χ0v) is 6.67. The number of quaternary nitrogens is 1. The minimum atomic E-state index is -0.365. The molecule has 6 heteroatoms. The van der Waals surface area contributed by atoms with Gasteiger partial charge in [-0.05, 0) is 11.5 Å². The van der Waals surface area contributed by atoms with Gasteiger partial charge in [0.15, 0.2) is 0 Å². The molecule has 1 aliphatic heterocycles. The predicted molar refractivity (Wildman–Crippen MR) is 42.8 cm³/mol. The third-order valence-corrected chi connectivity index (χ3v) is 2.28. The van der Waals surface area contributed by atoms with Crippen LogP contribution in [0.3, 0.4) is 0 Å². The van der Waals surface area contributed by atoms with Crippen molar-refractivity contribution in [1.82, 2.24) is 19.6 Å². The van der Waals surface area contributed by atoms with Crippen LogP contribution < -0.4 is 9.96 Å². The molecule has 0 aliphatic carbocycles. The van der Waals surface area contributed by atoms with E-state index in [1.165, 1.54) is 11.5 Å². The van der Waals surface area contributed by atoms with Crippen LogP contribution in [-0.4, -0.2) is 29.3 Å². The van der Waals surface area contributed by atoms with Gasteiger partial charge in [-0.1, -0.05) is 9.59 Å². The highest BCUT2D eigenvalue weighted by Gasteiger charge is 2.27. The second-order valence-corrected chi connectivity index (χ2v) is 3.14. The lowest BCUT2D eigenvalue weighted by Crippen LogP contribution is -2.41. The van der Waals surface area contributed by atoms with Gasteiger partial charge in [-0.25, -0.2) is 0 Å². The first kappa shape index (κ1) is 7.11. The topological polar surface area (TPSA) is 60.9 Å². The summed E-state index contributed by atoms with van der Waals surface area (Å²) in [6, 6.07) is 0. The van der Waals surface area contributed by atoms with E-state index >= 15 is 0 Å². The third kappa shape index (κ3) is 1.14. The molecular weight excluding hydrogens is 164 g/mol. The maximum absolute atomic E-state index is 11.7. The number of hydroxylamine groups is 2. The van der Waals surface area contributed by atoms with Crippen LogP contribution in [0.15, 0.2) is 5.38 Å². The van der Waals surface area contributed by atoms with Gasteiger partial charge in [0.05, 0.1) is 18.5 Å². The van der Waals surface area contributed by atoms with Crippen molar-refractivity contribution >= 4 is 17.4 Å². The van der Waals surface area contributed by atoms with Crippen molar-refractivity contribution in [2.45, 2.75) is 0 Å². The van der Waals surface area contributed by atoms with Crippen LogP contribution in [0.1, 0.15) is 0 Å². The zero-order valence-electron chi connectivity index (χ0n) is 5.86. The van der Waals surface area contributed by atoms with Crippen molar-refractivity contribution in [2.24, 2.45) is 0 Å². The lowest BCUT2D eigenvalue weighted by Gasteiger charge is -2.33. The van der Waals surface area contributed by atoms with E-state index < -0.39 is 0 Å². The monoisotopic (exact) mass is 172 g/mol. The smallest absolute Gasteiger partial charge is 0.260 e. The van der Waals surface area contributed by atoms with Crippen LogP contribution in [0.5, 0.6) is 0 Å². The summed E-state index contributed by atoms with van der Waals surface area (Å²) >= 11 is 1.22. The quantitative estimate of drug-likeness (QED) is 0.475. The summed E-state index contributed by atoms with van der Waals surface area (Å²) in [6.07, 6.45) is 0. The van der Waals surface area contributed by atoms with Crippen LogP contribution in [0, 0.1) is 5.21 Å². The summed E-state index contributed by atoms with van der Waals surface area (Å²) in [4.78, 5) is 0. The Balaban J connectivity index is 2.27. The first-order valence-corrected chi connectivity index (χ1v) is 4.21. The highest BCUT2D eigenvalue weighted by molar-refractivity contribution is 7.03. The minimum absolute atomic E-state index is 0.365. The highest BCUT2D eigenvalue weighted by atomic mass is 32.1. The molecule has 11 heavy (non-hydrogen) atoms. The van der Waals surface area contributed by atoms with Gasteiger partial charge in [0.1, 0.15) is 6.67 Å². The number of hydrogen-bond acceptors (Lipinski definition) is 5. The van der Waals surface area contributed by atoms with Crippen LogP contribution >= 0.6 is 11.5 Å². The Hall–Kier alpha value is -0.560. The average Bonchev–Trinajstić information content (AvgIpc) is 2.55. The summed E-state index contributed by atoms with van der Waals surface area (Å²) in [6.45, 7) is 1.75. The molecule has 0 spiro atoms. The lowest BCUT2D eigenvalue weighted by molar-refractivity contribution is 0.437. The molecule has 0 bridgehead atoms. The largest absolute Gasteiger partial charge is 0.625 e. The van der Waals surface area contributed by atoms with Crippen LogP contribution in [0.25, 0.3) is 0 Å². The Morgan fingerprint density at radius 3 is 3.18 bits per heavy atom. The number of aromatic nitrogens is 2. The number of nitrogens with zero attached hydrogens (tertiary/aromatic N) is 3. The molecule has 2 heterocycles. The summed E-state index contributed by atoms with van der Waals surface area (Å²) in [7, 11) is 0. The van der Waals surface area contributed by atoms with Gasteiger partial charge in [-0.3, -0.25) is 9.96 Å². The summed E-state index contributed by atoms with van der Waals surface area (Å²) in [5.41, 5.74) is 0. The molecule has 5 nitrogen and oxygen atoms in total. The van der Waals surface area contributed by atoms with Crippen molar-refractivity contribution in [1.29, 1.82) is 0 Å². The molecule has 0 aromatic carbocycles.